The number of nitrogens with zero attached hydrogens (tertiary/aromatic N) is 1. The zero-order valence-electron chi connectivity index (χ0n) is 16.6. The van der Waals surface area contributed by atoms with Crippen molar-refractivity contribution in [2.45, 2.75) is 46.1 Å². The molecule has 0 spiro atoms. The van der Waals surface area contributed by atoms with Gasteiger partial charge in [-0.1, -0.05) is 36.4 Å². The molecule has 1 heterocycles. The fraction of sp³-hybridized carbons (Fsp3) is 0.318. The molecule has 0 atom stereocenters. The molecule has 0 radical (unpaired) electrons. The summed E-state index contributed by atoms with van der Waals surface area (Å²) in [5.74, 6) is -0.136. The third-order valence-electron chi connectivity index (χ3n) is 4.52. The second-order valence-electron chi connectivity index (χ2n) is 7.14. The summed E-state index contributed by atoms with van der Waals surface area (Å²) >= 11 is 5.28. The minimum absolute atomic E-state index is 0.136. The van der Waals surface area contributed by atoms with Crippen LogP contribution in [-0.2, 0) is 29.2 Å². The molecule has 1 amide bonds. The van der Waals surface area contributed by atoms with Gasteiger partial charge in [0.25, 0.3) is 5.56 Å². The molecule has 2 aromatic carbocycles. The molecule has 0 aliphatic rings. The molecule has 0 aliphatic heterocycles. The van der Waals surface area contributed by atoms with E-state index in [-0.39, 0.29) is 30.5 Å². The molecule has 6 nitrogen and oxygen atoms in total. The van der Waals surface area contributed by atoms with Crippen LogP contribution in [0, 0.1) is 4.77 Å². The fourth-order valence-corrected chi connectivity index (χ4v) is 3.28. The SMILES string of the molecule is CC(C)OCc1cccc(CNC(=O)CCn2c(=S)[nH]c3ccccc3c2=O)c1. The number of fused-ring (bicyclic) bond motifs is 1. The van der Waals surface area contributed by atoms with Crippen LogP contribution in [0.1, 0.15) is 31.4 Å². The maximum atomic E-state index is 12.6. The van der Waals surface area contributed by atoms with Crippen LogP contribution in [-0.4, -0.2) is 21.6 Å². The molecule has 0 saturated carbocycles. The summed E-state index contributed by atoms with van der Waals surface area (Å²) in [6.07, 6.45) is 0.342. The molecule has 3 aromatic rings. The van der Waals surface area contributed by atoms with E-state index in [1.54, 1.807) is 12.1 Å². The van der Waals surface area contributed by atoms with E-state index in [4.69, 9.17) is 17.0 Å². The smallest absolute Gasteiger partial charge is 0.262 e. The van der Waals surface area contributed by atoms with Crippen LogP contribution in [0.15, 0.2) is 53.3 Å². The van der Waals surface area contributed by atoms with Gasteiger partial charge < -0.3 is 15.0 Å². The van der Waals surface area contributed by atoms with Crippen LogP contribution >= 0.6 is 12.2 Å². The van der Waals surface area contributed by atoms with Crippen molar-refractivity contribution in [3.8, 4) is 0 Å². The summed E-state index contributed by atoms with van der Waals surface area (Å²) in [7, 11) is 0. The number of hydrogen-bond acceptors (Lipinski definition) is 4. The van der Waals surface area contributed by atoms with Gasteiger partial charge in [-0.05, 0) is 49.3 Å². The average Bonchev–Trinajstić information content (AvgIpc) is 2.71. The van der Waals surface area contributed by atoms with Gasteiger partial charge in [0, 0.05) is 19.5 Å². The van der Waals surface area contributed by atoms with Crippen LogP contribution in [0.4, 0.5) is 0 Å². The Morgan fingerprint density at radius 1 is 1.17 bits per heavy atom. The molecule has 29 heavy (non-hydrogen) atoms. The Bertz CT molecular complexity index is 1120. The number of benzene rings is 2. The summed E-state index contributed by atoms with van der Waals surface area (Å²) in [5.41, 5.74) is 2.59. The molecule has 0 unspecified atom stereocenters. The lowest BCUT2D eigenvalue weighted by molar-refractivity contribution is -0.121. The molecule has 2 N–H and O–H groups in total. The molecule has 152 valence electrons. The van der Waals surface area contributed by atoms with E-state index in [1.165, 1.54) is 4.57 Å². The molecule has 0 aliphatic carbocycles. The summed E-state index contributed by atoms with van der Waals surface area (Å²) in [4.78, 5) is 27.9. The van der Waals surface area contributed by atoms with Crippen molar-refractivity contribution in [1.29, 1.82) is 0 Å². The van der Waals surface area contributed by atoms with E-state index < -0.39 is 0 Å². The Labute approximate surface area is 174 Å². The summed E-state index contributed by atoms with van der Waals surface area (Å²) in [6.45, 7) is 5.19. The zero-order chi connectivity index (χ0) is 20.8. The number of hydrogen-bond donors (Lipinski definition) is 2. The molecular formula is C22H25N3O3S. The van der Waals surface area contributed by atoms with Crippen LogP contribution < -0.4 is 10.9 Å². The second kappa shape index (κ2) is 9.62. The maximum absolute atomic E-state index is 12.6. The van der Waals surface area contributed by atoms with Gasteiger partial charge in [-0.25, -0.2) is 0 Å². The number of rotatable bonds is 8. The van der Waals surface area contributed by atoms with Gasteiger partial charge in [0.15, 0.2) is 4.77 Å². The predicted octanol–water partition coefficient (Wildman–Crippen LogP) is 3.69. The second-order valence-corrected chi connectivity index (χ2v) is 7.53. The molecule has 0 bridgehead atoms. The number of carbonyl (C=O) groups is 1. The number of aromatic amines is 1. The highest BCUT2D eigenvalue weighted by atomic mass is 32.1. The van der Waals surface area contributed by atoms with E-state index in [0.29, 0.717) is 28.8 Å². The summed E-state index contributed by atoms with van der Waals surface area (Å²) in [6, 6.07) is 15.1. The third kappa shape index (κ3) is 5.62. The topological polar surface area (TPSA) is 76.1 Å². The van der Waals surface area contributed by atoms with Crippen LogP contribution in [0.3, 0.4) is 0 Å². The van der Waals surface area contributed by atoms with Gasteiger partial charge in [0.2, 0.25) is 5.91 Å². The Morgan fingerprint density at radius 3 is 2.72 bits per heavy atom. The number of nitrogens with one attached hydrogen (secondary N) is 2. The van der Waals surface area contributed by atoms with Gasteiger partial charge >= 0.3 is 0 Å². The van der Waals surface area contributed by atoms with E-state index in [1.807, 2.05) is 50.2 Å². The lowest BCUT2D eigenvalue weighted by atomic mass is 10.1. The number of para-hydroxylation sites is 1. The Kier molecular flexibility index (Phi) is 6.95. The lowest BCUT2D eigenvalue weighted by Crippen LogP contribution is -2.28. The first-order chi connectivity index (χ1) is 13.9. The number of H-pyrrole nitrogens is 1. The van der Waals surface area contributed by atoms with Crippen molar-refractivity contribution in [1.82, 2.24) is 14.9 Å². The molecule has 0 fully saturated rings. The van der Waals surface area contributed by atoms with Crippen LogP contribution in [0.2, 0.25) is 0 Å². The molecule has 1 aromatic heterocycles. The van der Waals surface area contributed by atoms with Gasteiger partial charge in [0.05, 0.1) is 23.6 Å². The quantitative estimate of drug-likeness (QED) is 0.554. The Morgan fingerprint density at radius 2 is 1.93 bits per heavy atom. The number of ether oxygens (including phenoxy) is 1. The number of amides is 1. The normalized spacial score (nSPS) is 11.1. The van der Waals surface area contributed by atoms with E-state index in [2.05, 4.69) is 10.3 Å². The van der Waals surface area contributed by atoms with Crippen molar-refractivity contribution in [3.63, 3.8) is 0 Å². The predicted molar refractivity (Wildman–Crippen MR) is 116 cm³/mol. The largest absolute Gasteiger partial charge is 0.374 e. The Hall–Kier alpha value is -2.77. The monoisotopic (exact) mass is 411 g/mol. The fourth-order valence-electron chi connectivity index (χ4n) is 3.00. The van der Waals surface area contributed by atoms with Crippen molar-refractivity contribution in [2.24, 2.45) is 0 Å². The highest BCUT2D eigenvalue weighted by Crippen LogP contribution is 2.09. The average molecular weight is 412 g/mol. The van der Waals surface area contributed by atoms with Crippen molar-refractivity contribution < 1.29 is 9.53 Å². The van der Waals surface area contributed by atoms with E-state index in [0.717, 1.165) is 11.1 Å². The number of aromatic nitrogens is 2. The first-order valence-electron chi connectivity index (χ1n) is 9.62. The first-order valence-corrected chi connectivity index (χ1v) is 10.0. The van der Waals surface area contributed by atoms with Gasteiger partial charge in [-0.2, -0.15) is 0 Å². The lowest BCUT2D eigenvalue weighted by Gasteiger charge is -2.10. The number of carbonyl (C=O) groups excluding carboxylic acids is 1. The molecular weight excluding hydrogens is 386 g/mol. The molecule has 3 rings (SSSR count). The Balaban J connectivity index is 1.58. The van der Waals surface area contributed by atoms with Gasteiger partial charge in [0.1, 0.15) is 0 Å². The minimum atomic E-state index is -0.185. The minimum Gasteiger partial charge on any atom is -0.374 e. The first kappa shape index (κ1) is 21.0. The highest BCUT2D eigenvalue weighted by molar-refractivity contribution is 7.71. The van der Waals surface area contributed by atoms with Crippen molar-refractivity contribution in [2.75, 3.05) is 0 Å². The van der Waals surface area contributed by atoms with Crippen molar-refractivity contribution in [3.05, 3.63) is 74.8 Å². The molecule has 7 heteroatoms. The van der Waals surface area contributed by atoms with E-state index >= 15 is 0 Å². The summed E-state index contributed by atoms with van der Waals surface area (Å²) < 4.78 is 7.37. The van der Waals surface area contributed by atoms with Crippen molar-refractivity contribution >= 4 is 29.0 Å². The molecule has 0 saturated heterocycles. The van der Waals surface area contributed by atoms with Gasteiger partial charge in [-0.3, -0.25) is 14.2 Å². The highest BCUT2D eigenvalue weighted by Gasteiger charge is 2.08. The summed E-state index contributed by atoms with van der Waals surface area (Å²) in [5, 5.41) is 3.46. The van der Waals surface area contributed by atoms with Crippen LogP contribution in [0.5, 0.6) is 0 Å². The maximum Gasteiger partial charge on any atom is 0.262 e. The standard InChI is InChI=1S/C22H25N3O3S/c1-15(2)28-14-17-7-5-6-16(12-17)13-23-20(26)10-11-25-21(27)18-8-3-4-9-19(18)24-22(25)29/h3-9,12,15H,10-11,13-14H2,1-2H3,(H,23,26)(H,24,29). The van der Waals surface area contributed by atoms with E-state index in [9.17, 15) is 9.59 Å². The van der Waals surface area contributed by atoms with Crippen LogP contribution in [0.25, 0.3) is 10.9 Å². The third-order valence-corrected chi connectivity index (χ3v) is 4.84. The van der Waals surface area contributed by atoms with Gasteiger partial charge in [-0.15, -0.1) is 0 Å². The zero-order valence-corrected chi connectivity index (χ0v) is 17.4.